The molecule has 0 spiro atoms. The molecule has 0 saturated heterocycles. The van der Waals surface area contributed by atoms with Gasteiger partial charge in [0.2, 0.25) is 5.91 Å². The van der Waals surface area contributed by atoms with Gasteiger partial charge in [0.05, 0.1) is 11.3 Å². The van der Waals surface area contributed by atoms with Crippen LogP contribution in [0.1, 0.15) is 5.56 Å². The van der Waals surface area contributed by atoms with Crippen molar-refractivity contribution in [2.75, 3.05) is 19.4 Å². The number of nitrogens with zero attached hydrogens (tertiary/aromatic N) is 2. The molecular formula is C14H11F5N4O2. The Morgan fingerprint density at radius 2 is 1.80 bits per heavy atom. The molecule has 11 heteroatoms. The number of urea groups is 1. The Labute approximate surface area is 138 Å². The van der Waals surface area contributed by atoms with Crippen molar-refractivity contribution in [3.05, 3.63) is 41.1 Å². The van der Waals surface area contributed by atoms with E-state index in [0.717, 1.165) is 4.90 Å². The SMILES string of the molecule is CN(C)C(=O)C=C(NC(=O)Nc1cc(F)c(C#N)cc1F)C(F)(F)F. The number of carbonyl (C=O) groups is 2. The largest absolute Gasteiger partial charge is 0.431 e. The summed E-state index contributed by atoms with van der Waals surface area (Å²) in [6, 6.07) is 0.713. The third kappa shape index (κ3) is 5.45. The van der Waals surface area contributed by atoms with Crippen LogP contribution < -0.4 is 10.6 Å². The number of anilines is 1. The fraction of sp³-hybridized carbons (Fsp3) is 0.214. The lowest BCUT2D eigenvalue weighted by Gasteiger charge is -2.15. The molecular weight excluding hydrogens is 351 g/mol. The van der Waals surface area contributed by atoms with E-state index in [1.54, 1.807) is 5.32 Å². The Kier molecular flexibility index (Phi) is 6.05. The molecule has 1 aromatic rings. The predicted octanol–water partition coefficient (Wildman–Crippen LogP) is 2.49. The molecule has 0 aliphatic carbocycles. The Balaban J connectivity index is 3.02. The third-order valence-electron chi connectivity index (χ3n) is 2.69. The number of alkyl halides is 3. The first-order valence-corrected chi connectivity index (χ1v) is 6.43. The lowest BCUT2D eigenvalue weighted by molar-refractivity contribution is -0.125. The number of amides is 3. The summed E-state index contributed by atoms with van der Waals surface area (Å²) in [6.07, 6.45) is -4.94. The second kappa shape index (κ2) is 7.61. The van der Waals surface area contributed by atoms with Gasteiger partial charge in [-0.2, -0.15) is 18.4 Å². The Hall–Kier alpha value is -3.16. The van der Waals surface area contributed by atoms with Gasteiger partial charge in [-0.1, -0.05) is 0 Å². The van der Waals surface area contributed by atoms with E-state index in [9.17, 15) is 31.5 Å². The lowest BCUT2D eigenvalue weighted by atomic mass is 10.2. The zero-order valence-corrected chi connectivity index (χ0v) is 12.8. The van der Waals surface area contributed by atoms with Crippen LogP contribution in [0.2, 0.25) is 0 Å². The minimum Gasteiger partial charge on any atom is -0.345 e. The van der Waals surface area contributed by atoms with E-state index < -0.39 is 46.7 Å². The maximum atomic E-state index is 13.6. The molecule has 0 atom stereocenters. The van der Waals surface area contributed by atoms with Crippen LogP contribution in [0.5, 0.6) is 0 Å². The number of nitrogens with one attached hydrogen (secondary N) is 2. The number of carbonyl (C=O) groups excluding carboxylic acids is 2. The number of nitriles is 1. The number of hydrogen-bond donors (Lipinski definition) is 2. The minimum absolute atomic E-state index is 0.134. The number of benzene rings is 1. The molecule has 2 N–H and O–H groups in total. The molecule has 0 aliphatic heterocycles. The number of halogens is 5. The molecule has 3 amide bonds. The van der Waals surface area contributed by atoms with Crippen LogP contribution in [0.15, 0.2) is 23.9 Å². The number of likely N-dealkylation sites (N-methyl/N-ethyl adjacent to an activating group) is 1. The first kappa shape index (κ1) is 19.9. The molecule has 134 valence electrons. The van der Waals surface area contributed by atoms with Gasteiger partial charge in [0.1, 0.15) is 23.4 Å². The average molecular weight is 362 g/mol. The Morgan fingerprint density at radius 3 is 2.28 bits per heavy atom. The van der Waals surface area contributed by atoms with E-state index in [4.69, 9.17) is 5.26 Å². The summed E-state index contributed by atoms with van der Waals surface area (Å²) in [5.41, 5.74) is -3.12. The van der Waals surface area contributed by atoms with Crippen LogP contribution in [0.25, 0.3) is 0 Å². The molecule has 0 heterocycles. The van der Waals surface area contributed by atoms with E-state index >= 15 is 0 Å². The van der Waals surface area contributed by atoms with Gasteiger partial charge < -0.3 is 15.5 Å². The van der Waals surface area contributed by atoms with E-state index in [-0.39, 0.29) is 6.08 Å². The monoisotopic (exact) mass is 362 g/mol. The Bertz CT molecular complexity index is 766. The molecule has 0 unspecified atom stereocenters. The highest BCUT2D eigenvalue weighted by molar-refractivity contribution is 5.93. The van der Waals surface area contributed by atoms with Crippen molar-refractivity contribution < 1.29 is 31.5 Å². The highest BCUT2D eigenvalue weighted by Crippen LogP contribution is 2.24. The molecule has 1 rings (SSSR count). The van der Waals surface area contributed by atoms with Crippen molar-refractivity contribution in [1.29, 1.82) is 5.26 Å². The quantitative estimate of drug-likeness (QED) is 0.640. The highest BCUT2D eigenvalue weighted by Gasteiger charge is 2.36. The normalized spacial score (nSPS) is 11.5. The minimum atomic E-state index is -5.07. The smallest absolute Gasteiger partial charge is 0.345 e. The fourth-order valence-electron chi connectivity index (χ4n) is 1.45. The van der Waals surface area contributed by atoms with Crippen LogP contribution in [-0.4, -0.2) is 37.1 Å². The summed E-state index contributed by atoms with van der Waals surface area (Å²) in [5, 5.41) is 11.5. The number of allylic oxidation sites excluding steroid dienone is 1. The van der Waals surface area contributed by atoms with Crippen molar-refractivity contribution in [1.82, 2.24) is 10.2 Å². The van der Waals surface area contributed by atoms with Gasteiger partial charge in [-0.05, 0) is 6.07 Å². The summed E-state index contributed by atoms with van der Waals surface area (Å²) in [7, 11) is 2.39. The summed E-state index contributed by atoms with van der Waals surface area (Å²) in [4.78, 5) is 23.8. The van der Waals surface area contributed by atoms with Crippen LogP contribution in [0.3, 0.4) is 0 Å². The zero-order valence-electron chi connectivity index (χ0n) is 12.8. The number of rotatable bonds is 3. The fourth-order valence-corrected chi connectivity index (χ4v) is 1.45. The van der Waals surface area contributed by atoms with Crippen molar-refractivity contribution >= 4 is 17.6 Å². The van der Waals surface area contributed by atoms with E-state index in [0.29, 0.717) is 12.1 Å². The zero-order chi connectivity index (χ0) is 19.4. The van der Waals surface area contributed by atoms with Gasteiger partial charge in [-0.15, -0.1) is 0 Å². The van der Waals surface area contributed by atoms with Gasteiger partial charge in [-0.25, -0.2) is 13.6 Å². The van der Waals surface area contributed by atoms with Crippen LogP contribution in [0.4, 0.5) is 32.4 Å². The van der Waals surface area contributed by atoms with Gasteiger partial charge in [0.15, 0.2) is 0 Å². The molecule has 0 aliphatic rings. The van der Waals surface area contributed by atoms with Crippen LogP contribution in [0, 0.1) is 23.0 Å². The highest BCUT2D eigenvalue weighted by atomic mass is 19.4. The second-order valence-electron chi connectivity index (χ2n) is 4.79. The van der Waals surface area contributed by atoms with Gasteiger partial charge >= 0.3 is 12.2 Å². The van der Waals surface area contributed by atoms with Crippen LogP contribution in [-0.2, 0) is 4.79 Å². The predicted molar refractivity (Wildman–Crippen MR) is 76.1 cm³/mol. The molecule has 0 fully saturated rings. The lowest BCUT2D eigenvalue weighted by Crippen LogP contribution is -2.36. The number of hydrogen-bond acceptors (Lipinski definition) is 3. The summed E-state index contributed by atoms with van der Waals surface area (Å²) < 4.78 is 65.5. The third-order valence-corrected chi connectivity index (χ3v) is 2.69. The van der Waals surface area contributed by atoms with Crippen molar-refractivity contribution in [3.8, 4) is 6.07 Å². The van der Waals surface area contributed by atoms with Gasteiger partial charge in [0.25, 0.3) is 0 Å². The molecule has 0 aromatic heterocycles. The first-order valence-electron chi connectivity index (χ1n) is 6.43. The summed E-state index contributed by atoms with van der Waals surface area (Å²) in [5.74, 6) is -3.45. The van der Waals surface area contributed by atoms with Crippen molar-refractivity contribution in [2.45, 2.75) is 6.18 Å². The Morgan fingerprint density at radius 1 is 1.20 bits per heavy atom. The second-order valence-corrected chi connectivity index (χ2v) is 4.79. The summed E-state index contributed by atoms with van der Waals surface area (Å²) in [6.45, 7) is 0. The topological polar surface area (TPSA) is 85.2 Å². The van der Waals surface area contributed by atoms with E-state index in [2.05, 4.69) is 0 Å². The maximum Gasteiger partial charge on any atom is 0.431 e. The molecule has 0 saturated carbocycles. The van der Waals surface area contributed by atoms with Gasteiger partial charge in [0, 0.05) is 26.2 Å². The van der Waals surface area contributed by atoms with E-state index in [1.807, 2.05) is 0 Å². The molecule has 0 radical (unpaired) electrons. The van der Waals surface area contributed by atoms with Crippen molar-refractivity contribution in [2.24, 2.45) is 0 Å². The maximum absolute atomic E-state index is 13.6. The molecule has 1 aromatic carbocycles. The molecule has 25 heavy (non-hydrogen) atoms. The standard InChI is InChI=1S/C14H11F5N4O2/c1-23(2)12(24)5-11(14(17,18)19)22-13(25)21-10-4-8(15)7(6-20)3-9(10)16/h3-5H,1-2H3,(H2,21,22,25). The summed E-state index contributed by atoms with van der Waals surface area (Å²) >= 11 is 0. The van der Waals surface area contributed by atoms with Crippen LogP contribution >= 0.6 is 0 Å². The van der Waals surface area contributed by atoms with Crippen molar-refractivity contribution in [3.63, 3.8) is 0 Å². The first-order chi connectivity index (χ1) is 11.5. The van der Waals surface area contributed by atoms with Gasteiger partial charge in [-0.3, -0.25) is 4.79 Å². The van der Waals surface area contributed by atoms with E-state index in [1.165, 1.54) is 25.5 Å². The molecule has 6 nitrogen and oxygen atoms in total. The molecule has 0 bridgehead atoms. The average Bonchev–Trinajstić information content (AvgIpc) is 2.48.